The van der Waals surface area contributed by atoms with Crippen LogP contribution in [0.25, 0.3) is 11.1 Å². The molecule has 0 aliphatic rings. The first-order chi connectivity index (χ1) is 12.9. The number of nitrogens with two attached hydrogens (primary N) is 2. The van der Waals surface area contributed by atoms with E-state index in [0.717, 1.165) is 16.7 Å². The first-order valence-electron chi connectivity index (χ1n) is 8.25. The molecule has 0 fully saturated rings. The van der Waals surface area contributed by atoms with Crippen molar-refractivity contribution in [3.05, 3.63) is 70.4 Å². The molecule has 7 heteroatoms. The first kappa shape index (κ1) is 18.6. The predicted molar refractivity (Wildman–Crippen MR) is 108 cm³/mol. The fourth-order valence-electron chi connectivity index (χ4n) is 2.60. The molecule has 3 rings (SSSR count). The van der Waals surface area contributed by atoms with Crippen molar-refractivity contribution in [3.8, 4) is 11.1 Å². The van der Waals surface area contributed by atoms with Gasteiger partial charge in [0.15, 0.2) is 0 Å². The van der Waals surface area contributed by atoms with Crippen LogP contribution < -0.4 is 16.8 Å². The van der Waals surface area contributed by atoms with Crippen molar-refractivity contribution < 1.29 is 14.7 Å². The van der Waals surface area contributed by atoms with Gasteiger partial charge in [-0.15, -0.1) is 0 Å². The lowest BCUT2D eigenvalue weighted by atomic mass is 10.0. The van der Waals surface area contributed by atoms with E-state index in [-0.39, 0.29) is 12.3 Å². The van der Waals surface area contributed by atoms with Gasteiger partial charge >= 0.3 is 5.97 Å². The zero-order valence-corrected chi connectivity index (χ0v) is 15.2. The largest absolute Gasteiger partial charge is 0.480 e. The number of benzene rings is 2. The number of carboxylic acid groups (broad SMARTS) is 1. The number of hydrogen-bond donors (Lipinski definition) is 4. The number of thiophene rings is 1. The molecular formula is C20H19N3O3S. The van der Waals surface area contributed by atoms with E-state index in [1.54, 1.807) is 41.7 Å². The molecule has 1 heterocycles. The Morgan fingerprint density at radius 1 is 1.07 bits per heavy atom. The zero-order valence-electron chi connectivity index (χ0n) is 14.4. The maximum Gasteiger partial charge on any atom is 0.320 e. The van der Waals surface area contributed by atoms with Gasteiger partial charge in [-0.3, -0.25) is 9.59 Å². The molecule has 0 radical (unpaired) electrons. The molecule has 138 valence electrons. The third-order valence-electron chi connectivity index (χ3n) is 4.14. The van der Waals surface area contributed by atoms with Gasteiger partial charge in [0.05, 0.1) is 11.4 Å². The molecule has 1 aromatic heterocycles. The normalized spacial score (nSPS) is 11.7. The van der Waals surface area contributed by atoms with E-state index in [1.165, 1.54) is 0 Å². The number of carbonyl (C=O) groups excluding carboxylic acids is 1. The van der Waals surface area contributed by atoms with Gasteiger partial charge in [-0.25, -0.2) is 0 Å². The molecule has 1 amide bonds. The number of carbonyl (C=O) groups is 2. The summed E-state index contributed by atoms with van der Waals surface area (Å²) in [4.78, 5) is 23.3. The van der Waals surface area contributed by atoms with Crippen molar-refractivity contribution in [2.45, 2.75) is 12.5 Å². The fourth-order valence-corrected chi connectivity index (χ4v) is 3.27. The predicted octanol–water partition coefficient (Wildman–Crippen LogP) is 3.20. The average Bonchev–Trinajstić information content (AvgIpc) is 3.18. The number of nitrogen functional groups attached to an aromatic ring is 1. The molecule has 3 aromatic rings. The number of carboxylic acids is 1. The van der Waals surface area contributed by atoms with Crippen LogP contribution in [0.4, 0.5) is 11.4 Å². The molecule has 6 N–H and O–H groups in total. The molecule has 0 saturated heterocycles. The van der Waals surface area contributed by atoms with Crippen LogP contribution in [0.5, 0.6) is 0 Å². The Bertz CT molecular complexity index is 953. The van der Waals surface area contributed by atoms with Gasteiger partial charge in [-0.2, -0.15) is 11.3 Å². The van der Waals surface area contributed by atoms with Crippen molar-refractivity contribution in [2.24, 2.45) is 5.73 Å². The summed E-state index contributed by atoms with van der Waals surface area (Å²) in [5.74, 6) is -1.35. The van der Waals surface area contributed by atoms with Gasteiger partial charge in [-0.1, -0.05) is 18.2 Å². The summed E-state index contributed by atoms with van der Waals surface area (Å²) in [7, 11) is 0. The highest BCUT2D eigenvalue weighted by Crippen LogP contribution is 2.29. The van der Waals surface area contributed by atoms with Gasteiger partial charge in [0.2, 0.25) is 0 Å². The Morgan fingerprint density at radius 2 is 1.81 bits per heavy atom. The van der Waals surface area contributed by atoms with Crippen LogP contribution in [-0.2, 0) is 11.2 Å². The minimum absolute atomic E-state index is 0.201. The molecule has 0 saturated carbocycles. The first-order valence-corrected chi connectivity index (χ1v) is 9.19. The summed E-state index contributed by atoms with van der Waals surface area (Å²) >= 11 is 1.60. The summed E-state index contributed by atoms with van der Waals surface area (Å²) < 4.78 is 0. The maximum absolute atomic E-state index is 12.5. The third kappa shape index (κ3) is 4.52. The number of hydrogen-bond acceptors (Lipinski definition) is 5. The molecule has 2 aromatic carbocycles. The van der Waals surface area contributed by atoms with E-state index in [9.17, 15) is 9.59 Å². The highest BCUT2D eigenvalue weighted by molar-refractivity contribution is 7.08. The van der Waals surface area contributed by atoms with Gasteiger partial charge in [-0.05, 0) is 64.2 Å². The van der Waals surface area contributed by atoms with Crippen molar-refractivity contribution in [1.82, 2.24) is 0 Å². The Labute approximate surface area is 160 Å². The summed E-state index contributed by atoms with van der Waals surface area (Å²) in [5, 5.41) is 15.7. The topological polar surface area (TPSA) is 118 Å². The summed E-state index contributed by atoms with van der Waals surface area (Å²) in [6, 6.07) is 13.2. The Kier molecular flexibility index (Phi) is 5.54. The van der Waals surface area contributed by atoms with E-state index >= 15 is 0 Å². The van der Waals surface area contributed by atoms with Crippen LogP contribution in [0.15, 0.2) is 59.3 Å². The van der Waals surface area contributed by atoms with E-state index in [0.29, 0.717) is 16.9 Å². The molecule has 0 aliphatic carbocycles. The molecule has 1 atom stereocenters. The molecule has 1 unspecified atom stereocenters. The molecule has 0 aliphatic heterocycles. The molecule has 0 bridgehead atoms. The second-order valence-electron chi connectivity index (χ2n) is 6.11. The van der Waals surface area contributed by atoms with Crippen molar-refractivity contribution in [3.63, 3.8) is 0 Å². The van der Waals surface area contributed by atoms with Gasteiger partial charge in [0.25, 0.3) is 5.91 Å². The SMILES string of the molecule is Nc1ccc(-c2ccsc2)cc1NC(=O)c1ccc(CC(N)C(=O)O)cc1. The van der Waals surface area contributed by atoms with Gasteiger partial charge in [0, 0.05) is 5.56 Å². The Morgan fingerprint density at radius 3 is 2.44 bits per heavy atom. The molecule has 6 nitrogen and oxygen atoms in total. The Balaban J connectivity index is 1.74. The van der Waals surface area contributed by atoms with Crippen LogP contribution in [0, 0.1) is 0 Å². The summed E-state index contributed by atoms with van der Waals surface area (Å²) in [6.45, 7) is 0. The van der Waals surface area contributed by atoms with Crippen molar-refractivity contribution in [2.75, 3.05) is 11.1 Å². The fraction of sp³-hybridized carbons (Fsp3) is 0.100. The number of nitrogens with one attached hydrogen (secondary N) is 1. The summed E-state index contributed by atoms with van der Waals surface area (Å²) in [5.41, 5.74) is 15.8. The zero-order chi connectivity index (χ0) is 19.4. The van der Waals surface area contributed by atoms with Crippen LogP contribution >= 0.6 is 11.3 Å². The van der Waals surface area contributed by atoms with Gasteiger partial charge < -0.3 is 21.9 Å². The molecule has 0 spiro atoms. The second kappa shape index (κ2) is 8.03. The summed E-state index contributed by atoms with van der Waals surface area (Å²) in [6.07, 6.45) is 0.201. The van der Waals surface area contributed by atoms with Crippen molar-refractivity contribution in [1.29, 1.82) is 0 Å². The van der Waals surface area contributed by atoms with Crippen LogP contribution in [0.3, 0.4) is 0 Å². The smallest absolute Gasteiger partial charge is 0.320 e. The van der Waals surface area contributed by atoms with E-state index in [4.69, 9.17) is 16.6 Å². The maximum atomic E-state index is 12.5. The Hall–Kier alpha value is -3.16. The molecule has 27 heavy (non-hydrogen) atoms. The van der Waals surface area contributed by atoms with Gasteiger partial charge in [0.1, 0.15) is 6.04 Å². The second-order valence-corrected chi connectivity index (χ2v) is 6.89. The quantitative estimate of drug-likeness (QED) is 0.489. The molecular weight excluding hydrogens is 362 g/mol. The average molecular weight is 381 g/mol. The number of anilines is 2. The lowest BCUT2D eigenvalue weighted by molar-refractivity contribution is -0.138. The van der Waals surface area contributed by atoms with E-state index < -0.39 is 12.0 Å². The van der Waals surface area contributed by atoms with Crippen LogP contribution in [0.1, 0.15) is 15.9 Å². The highest BCUT2D eigenvalue weighted by Gasteiger charge is 2.13. The van der Waals surface area contributed by atoms with Crippen molar-refractivity contribution >= 4 is 34.6 Å². The number of aliphatic carboxylic acids is 1. The van der Waals surface area contributed by atoms with E-state index in [2.05, 4.69) is 5.32 Å². The minimum atomic E-state index is -1.06. The lowest BCUT2D eigenvalue weighted by Gasteiger charge is -2.11. The standard InChI is InChI=1S/C20H19N3O3S/c21-16-6-5-14(15-7-8-27-11-15)10-18(16)23-19(24)13-3-1-12(2-4-13)9-17(22)20(25)26/h1-8,10-11,17H,9,21-22H2,(H,23,24)(H,25,26). The number of rotatable bonds is 6. The minimum Gasteiger partial charge on any atom is -0.480 e. The van der Waals surface area contributed by atoms with Crippen LogP contribution in [0.2, 0.25) is 0 Å². The lowest BCUT2D eigenvalue weighted by Crippen LogP contribution is -2.32. The number of amides is 1. The van der Waals surface area contributed by atoms with E-state index in [1.807, 2.05) is 29.0 Å². The highest BCUT2D eigenvalue weighted by atomic mass is 32.1. The van der Waals surface area contributed by atoms with Crippen LogP contribution in [-0.4, -0.2) is 23.0 Å². The third-order valence-corrected chi connectivity index (χ3v) is 4.83. The monoisotopic (exact) mass is 381 g/mol.